The highest BCUT2D eigenvalue weighted by Crippen LogP contribution is 2.45. The molecule has 5 nitrogen and oxygen atoms in total. The van der Waals surface area contributed by atoms with Crippen molar-refractivity contribution in [3.05, 3.63) is 46.6 Å². The molecule has 0 aliphatic carbocycles. The summed E-state index contributed by atoms with van der Waals surface area (Å²) in [7, 11) is 6.09. The van der Waals surface area contributed by atoms with Crippen molar-refractivity contribution >= 4 is 0 Å². The van der Waals surface area contributed by atoms with Gasteiger partial charge in [0.05, 0.1) is 28.4 Å². The van der Waals surface area contributed by atoms with Crippen LogP contribution in [-0.4, -0.2) is 28.4 Å². The van der Waals surface area contributed by atoms with E-state index in [1.54, 1.807) is 37.4 Å². The lowest BCUT2D eigenvalue weighted by atomic mass is 10.0. The fourth-order valence-corrected chi connectivity index (χ4v) is 2.31. The summed E-state index contributed by atoms with van der Waals surface area (Å²) in [4.78, 5) is 12.1. The van der Waals surface area contributed by atoms with Gasteiger partial charge >= 0.3 is 0 Å². The molecule has 0 aliphatic rings. The van der Waals surface area contributed by atoms with E-state index in [4.69, 9.17) is 18.9 Å². The third kappa shape index (κ3) is 2.70. The first-order chi connectivity index (χ1) is 10.7. The molecule has 0 heterocycles. The minimum Gasteiger partial charge on any atom is -0.493 e. The Labute approximate surface area is 129 Å². The minimum absolute atomic E-state index is 0.209. The molecule has 0 bridgehead atoms. The van der Waals surface area contributed by atoms with E-state index in [0.717, 1.165) is 0 Å². The van der Waals surface area contributed by atoms with Crippen molar-refractivity contribution in [3.8, 4) is 34.1 Å². The summed E-state index contributed by atoms with van der Waals surface area (Å²) in [5.74, 6) is 1.73. The molecule has 0 saturated heterocycles. The van der Waals surface area contributed by atoms with E-state index in [1.807, 2.05) is 0 Å². The van der Waals surface area contributed by atoms with Gasteiger partial charge in [0.25, 0.3) is 0 Å². The quantitative estimate of drug-likeness (QED) is 0.850. The molecule has 0 spiro atoms. The number of hydrogen-bond acceptors (Lipinski definition) is 5. The second kappa shape index (κ2) is 6.85. The molecule has 2 aromatic carbocycles. The monoisotopic (exact) mass is 302 g/mol. The predicted octanol–water partition coefficient (Wildman–Crippen LogP) is 2.75. The summed E-state index contributed by atoms with van der Waals surface area (Å²) in [6, 6.07) is 10.3. The maximum atomic E-state index is 12.1. The van der Waals surface area contributed by atoms with Gasteiger partial charge in [0.15, 0.2) is 17.2 Å². The largest absolute Gasteiger partial charge is 0.493 e. The van der Waals surface area contributed by atoms with Crippen LogP contribution in [0, 0.1) is 0 Å². The molecule has 22 heavy (non-hydrogen) atoms. The standard InChI is InChI=1S/C17H18O5/c1-19-14-10-9-12(16(21-3)17(14)22-4)11-7-5-6-8-13(18)15(11)20-2/h5-10H,1-4H3. The lowest BCUT2D eigenvalue weighted by Gasteiger charge is -2.16. The number of hydrogen-bond donors (Lipinski definition) is 0. The summed E-state index contributed by atoms with van der Waals surface area (Å²) in [5, 5.41) is 0. The summed E-state index contributed by atoms with van der Waals surface area (Å²) in [6.07, 6.45) is 0. The molecule has 5 heteroatoms. The third-order valence-electron chi connectivity index (χ3n) is 3.29. The van der Waals surface area contributed by atoms with E-state index < -0.39 is 0 Å². The molecule has 0 amide bonds. The van der Waals surface area contributed by atoms with Crippen LogP contribution in [-0.2, 0) is 0 Å². The zero-order valence-corrected chi connectivity index (χ0v) is 13.0. The topological polar surface area (TPSA) is 54.0 Å². The Kier molecular flexibility index (Phi) is 4.88. The van der Waals surface area contributed by atoms with Crippen molar-refractivity contribution < 1.29 is 18.9 Å². The molecular formula is C17H18O5. The zero-order chi connectivity index (χ0) is 16.1. The van der Waals surface area contributed by atoms with Crippen molar-refractivity contribution in [2.45, 2.75) is 0 Å². The first-order valence-corrected chi connectivity index (χ1v) is 6.64. The molecule has 0 aliphatic heterocycles. The number of rotatable bonds is 5. The van der Waals surface area contributed by atoms with Crippen LogP contribution in [0.2, 0.25) is 0 Å². The summed E-state index contributed by atoms with van der Waals surface area (Å²) in [6.45, 7) is 0. The molecule has 0 radical (unpaired) electrons. The fourth-order valence-electron chi connectivity index (χ4n) is 2.31. The highest BCUT2D eigenvalue weighted by atomic mass is 16.5. The summed E-state index contributed by atoms with van der Waals surface area (Å²) < 4.78 is 21.4. The van der Waals surface area contributed by atoms with E-state index in [0.29, 0.717) is 28.4 Å². The van der Waals surface area contributed by atoms with Crippen LogP contribution in [0.25, 0.3) is 11.1 Å². The number of benzene rings is 1. The number of ether oxygens (including phenoxy) is 4. The fraction of sp³-hybridized carbons (Fsp3) is 0.235. The molecule has 2 aromatic rings. The highest BCUT2D eigenvalue weighted by molar-refractivity contribution is 5.79. The van der Waals surface area contributed by atoms with Gasteiger partial charge in [-0.3, -0.25) is 4.79 Å². The van der Waals surface area contributed by atoms with Gasteiger partial charge in [0, 0.05) is 11.1 Å². The summed E-state index contributed by atoms with van der Waals surface area (Å²) in [5.41, 5.74) is 1.10. The van der Waals surface area contributed by atoms with Crippen molar-refractivity contribution in [1.82, 2.24) is 0 Å². The second-order valence-electron chi connectivity index (χ2n) is 4.41. The molecule has 0 saturated carbocycles. The van der Waals surface area contributed by atoms with Crippen LogP contribution in [0.4, 0.5) is 0 Å². The molecule has 2 rings (SSSR count). The Balaban J connectivity index is 2.82. The molecule has 0 unspecified atom stereocenters. The Bertz CT molecular complexity index is 725. The van der Waals surface area contributed by atoms with E-state index in [1.165, 1.54) is 27.4 Å². The molecule has 0 fully saturated rings. The van der Waals surface area contributed by atoms with E-state index in [2.05, 4.69) is 0 Å². The van der Waals surface area contributed by atoms with Gasteiger partial charge in [-0.15, -0.1) is 0 Å². The van der Waals surface area contributed by atoms with Crippen molar-refractivity contribution in [1.29, 1.82) is 0 Å². The van der Waals surface area contributed by atoms with E-state index in [9.17, 15) is 4.79 Å². The molecule has 116 valence electrons. The summed E-state index contributed by atoms with van der Waals surface area (Å²) >= 11 is 0. The third-order valence-corrected chi connectivity index (χ3v) is 3.29. The van der Waals surface area contributed by atoms with Crippen molar-refractivity contribution in [2.75, 3.05) is 28.4 Å². The zero-order valence-electron chi connectivity index (χ0n) is 13.0. The highest BCUT2D eigenvalue weighted by Gasteiger charge is 2.19. The molecule has 0 atom stereocenters. The molecule has 0 N–H and O–H groups in total. The Morgan fingerprint density at radius 3 is 1.82 bits per heavy atom. The van der Waals surface area contributed by atoms with E-state index >= 15 is 0 Å². The first-order valence-electron chi connectivity index (χ1n) is 6.64. The van der Waals surface area contributed by atoms with Crippen LogP contribution in [0.3, 0.4) is 0 Å². The lowest BCUT2D eigenvalue weighted by molar-refractivity contribution is 0.325. The van der Waals surface area contributed by atoms with Crippen LogP contribution in [0.1, 0.15) is 0 Å². The van der Waals surface area contributed by atoms with Crippen LogP contribution in [0.5, 0.6) is 23.0 Å². The van der Waals surface area contributed by atoms with Crippen molar-refractivity contribution in [3.63, 3.8) is 0 Å². The van der Waals surface area contributed by atoms with Gasteiger partial charge in [-0.05, 0) is 18.2 Å². The lowest BCUT2D eigenvalue weighted by Crippen LogP contribution is -2.03. The van der Waals surface area contributed by atoms with Crippen LogP contribution >= 0.6 is 0 Å². The Morgan fingerprint density at radius 2 is 1.23 bits per heavy atom. The average Bonchev–Trinajstić information content (AvgIpc) is 2.74. The van der Waals surface area contributed by atoms with Crippen LogP contribution < -0.4 is 24.4 Å². The van der Waals surface area contributed by atoms with Gasteiger partial charge in [-0.2, -0.15) is 0 Å². The molecular weight excluding hydrogens is 284 g/mol. The van der Waals surface area contributed by atoms with Gasteiger partial charge < -0.3 is 18.9 Å². The predicted molar refractivity (Wildman–Crippen MR) is 84.4 cm³/mol. The SMILES string of the molecule is COc1ccc(-c2ccccc(=O)c2OC)c(OC)c1OC. The Morgan fingerprint density at radius 1 is 0.636 bits per heavy atom. The maximum absolute atomic E-state index is 12.1. The minimum atomic E-state index is -0.209. The molecule has 0 aromatic heterocycles. The van der Waals surface area contributed by atoms with Gasteiger partial charge in [-0.25, -0.2) is 0 Å². The first kappa shape index (κ1) is 15.7. The Hall–Kier alpha value is -2.69. The van der Waals surface area contributed by atoms with Crippen molar-refractivity contribution in [2.24, 2.45) is 0 Å². The maximum Gasteiger partial charge on any atom is 0.220 e. The van der Waals surface area contributed by atoms with Gasteiger partial charge in [0.2, 0.25) is 11.2 Å². The smallest absolute Gasteiger partial charge is 0.220 e. The number of methoxy groups -OCH3 is 4. The average molecular weight is 302 g/mol. The normalized spacial score (nSPS) is 10.0. The second-order valence-corrected chi connectivity index (χ2v) is 4.41. The van der Waals surface area contributed by atoms with Gasteiger partial charge in [-0.1, -0.05) is 18.2 Å². The van der Waals surface area contributed by atoms with E-state index in [-0.39, 0.29) is 11.2 Å². The van der Waals surface area contributed by atoms with Crippen LogP contribution in [0.15, 0.2) is 41.2 Å². The van der Waals surface area contributed by atoms with Gasteiger partial charge in [0.1, 0.15) is 0 Å².